The van der Waals surface area contributed by atoms with Gasteiger partial charge < -0.3 is 20.1 Å². The quantitative estimate of drug-likeness (QED) is 0.756. The molecule has 2 aromatic rings. The lowest BCUT2D eigenvalue weighted by atomic mass is 9.97. The van der Waals surface area contributed by atoms with Crippen LogP contribution in [0.1, 0.15) is 18.1 Å². The Morgan fingerprint density at radius 3 is 2.46 bits per heavy atom. The van der Waals surface area contributed by atoms with E-state index in [1.54, 1.807) is 44.4 Å². The van der Waals surface area contributed by atoms with E-state index in [-0.39, 0.29) is 12.6 Å². The number of nitrogens with one attached hydrogen (secondary N) is 2. The number of carbonyl (C=O) groups excluding carboxylic acids is 2. The van der Waals surface area contributed by atoms with Gasteiger partial charge in [0.2, 0.25) is 0 Å². The van der Waals surface area contributed by atoms with Gasteiger partial charge in [0.05, 0.1) is 31.0 Å². The fourth-order valence-electron chi connectivity index (χ4n) is 2.92. The lowest BCUT2D eigenvalue weighted by Gasteiger charge is -2.27. The Morgan fingerprint density at radius 1 is 1.11 bits per heavy atom. The predicted octanol–water partition coefficient (Wildman–Crippen LogP) is 3.36. The van der Waals surface area contributed by atoms with Crippen molar-refractivity contribution in [1.29, 1.82) is 0 Å². The highest BCUT2D eigenvalue weighted by atomic mass is 16.5. The van der Waals surface area contributed by atoms with Crippen LogP contribution in [0.25, 0.3) is 11.8 Å². The summed E-state index contributed by atoms with van der Waals surface area (Å²) in [5, 5.41) is 5.52. The molecule has 1 unspecified atom stereocenters. The summed E-state index contributed by atoms with van der Waals surface area (Å²) >= 11 is 0. The van der Waals surface area contributed by atoms with Crippen LogP contribution in [0.2, 0.25) is 0 Å². The highest BCUT2D eigenvalue weighted by molar-refractivity contribution is 6.05. The molecule has 0 aliphatic carbocycles. The third-order valence-corrected chi connectivity index (χ3v) is 4.26. The van der Waals surface area contributed by atoms with E-state index in [1.807, 2.05) is 36.4 Å². The van der Waals surface area contributed by atoms with Crippen LogP contribution in [0.4, 0.5) is 4.79 Å². The van der Waals surface area contributed by atoms with Crippen molar-refractivity contribution < 1.29 is 19.1 Å². The zero-order chi connectivity index (χ0) is 19.9. The second-order valence-corrected chi connectivity index (χ2v) is 6.08. The van der Waals surface area contributed by atoms with Crippen LogP contribution in [-0.4, -0.2) is 31.8 Å². The van der Waals surface area contributed by atoms with Crippen molar-refractivity contribution in [3.63, 3.8) is 0 Å². The van der Waals surface area contributed by atoms with Gasteiger partial charge in [-0.3, -0.25) is 0 Å². The number of rotatable bonds is 6. The van der Waals surface area contributed by atoms with E-state index < -0.39 is 12.0 Å². The molecular weight excluding hydrogens is 356 g/mol. The van der Waals surface area contributed by atoms with E-state index in [4.69, 9.17) is 9.47 Å². The fourth-order valence-corrected chi connectivity index (χ4v) is 2.92. The molecule has 1 atom stereocenters. The van der Waals surface area contributed by atoms with Gasteiger partial charge in [0.1, 0.15) is 5.75 Å². The normalized spacial score (nSPS) is 16.5. The van der Waals surface area contributed by atoms with Gasteiger partial charge in [-0.1, -0.05) is 42.5 Å². The number of urea groups is 1. The molecule has 0 aromatic heterocycles. The number of ether oxygens (including phenoxy) is 2. The standard InChI is InChI=1S/C22H22N2O4/c1-3-28-21(25)19-18(14-9-15-7-5-4-6-8-15)23-22(26)24-20(19)16-10-12-17(27-2)13-11-16/h4-14,18H,3H2,1-2H3,(H2,23,24,26)/b14-9+. The van der Waals surface area contributed by atoms with Crippen LogP contribution >= 0.6 is 0 Å². The minimum Gasteiger partial charge on any atom is -0.497 e. The van der Waals surface area contributed by atoms with Crippen LogP contribution in [0, 0.1) is 0 Å². The monoisotopic (exact) mass is 378 g/mol. The van der Waals surface area contributed by atoms with Crippen LogP contribution in [0.15, 0.2) is 66.2 Å². The third-order valence-electron chi connectivity index (χ3n) is 4.26. The molecular formula is C22H22N2O4. The summed E-state index contributed by atoms with van der Waals surface area (Å²) in [6, 6.07) is 15.8. The minimum absolute atomic E-state index is 0.237. The summed E-state index contributed by atoms with van der Waals surface area (Å²) in [6.07, 6.45) is 3.64. The average molecular weight is 378 g/mol. The van der Waals surface area contributed by atoms with Gasteiger partial charge in [0.15, 0.2) is 0 Å². The zero-order valence-electron chi connectivity index (χ0n) is 15.8. The maximum Gasteiger partial charge on any atom is 0.338 e. The molecule has 6 nitrogen and oxygen atoms in total. The first-order valence-corrected chi connectivity index (χ1v) is 8.99. The Labute approximate surface area is 163 Å². The molecule has 0 bridgehead atoms. The molecule has 6 heteroatoms. The number of carbonyl (C=O) groups is 2. The van der Waals surface area contributed by atoms with E-state index in [0.29, 0.717) is 22.6 Å². The Balaban J connectivity index is 2.04. The van der Waals surface area contributed by atoms with Gasteiger partial charge in [-0.05, 0) is 42.3 Å². The summed E-state index contributed by atoms with van der Waals surface area (Å²) < 4.78 is 10.4. The smallest absolute Gasteiger partial charge is 0.338 e. The molecule has 1 aliphatic heterocycles. The average Bonchev–Trinajstić information content (AvgIpc) is 2.72. The van der Waals surface area contributed by atoms with E-state index in [0.717, 1.165) is 5.56 Å². The summed E-state index contributed by atoms with van der Waals surface area (Å²) in [5.41, 5.74) is 2.42. The lowest BCUT2D eigenvalue weighted by molar-refractivity contribution is -0.138. The van der Waals surface area contributed by atoms with Crippen LogP contribution in [-0.2, 0) is 9.53 Å². The second kappa shape index (κ2) is 8.90. The van der Waals surface area contributed by atoms with E-state index in [1.165, 1.54) is 0 Å². The van der Waals surface area contributed by atoms with Crippen molar-refractivity contribution in [1.82, 2.24) is 10.6 Å². The van der Waals surface area contributed by atoms with Crippen LogP contribution in [0.3, 0.4) is 0 Å². The number of amides is 2. The highest BCUT2D eigenvalue weighted by Gasteiger charge is 2.31. The summed E-state index contributed by atoms with van der Waals surface area (Å²) in [4.78, 5) is 25.0. The molecule has 1 heterocycles. The lowest BCUT2D eigenvalue weighted by Crippen LogP contribution is -2.49. The highest BCUT2D eigenvalue weighted by Crippen LogP contribution is 2.26. The molecule has 2 N–H and O–H groups in total. The predicted molar refractivity (Wildman–Crippen MR) is 107 cm³/mol. The first kappa shape index (κ1) is 19.2. The van der Waals surface area contributed by atoms with E-state index in [2.05, 4.69) is 10.6 Å². The van der Waals surface area contributed by atoms with Crippen LogP contribution in [0.5, 0.6) is 5.75 Å². The van der Waals surface area contributed by atoms with Gasteiger partial charge >= 0.3 is 12.0 Å². The fraction of sp³-hybridized carbons (Fsp3) is 0.182. The Morgan fingerprint density at radius 2 is 1.82 bits per heavy atom. The molecule has 144 valence electrons. The molecule has 28 heavy (non-hydrogen) atoms. The van der Waals surface area contributed by atoms with E-state index in [9.17, 15) is 9.59 Å². The van der Waals surface area contributed by atoms with Gasteiger partial charge in [0.25, 0.3) is 0 Å². The van der Waals surface area contributed by atoms with Crippen molar-refractivity contribution in [2.75, 3.05) is 13.7 Å². The van der Waals surface area contributed by atoms with Crippen LogP contribution < -0.4 is 15.4 Å². The topological polar surface area (TPSA) is 76.7 Å². The molecule has 0 saturated carbocycles. The first-order valence-electron chi connectivity index (χ1n) is 8.99. The summed E-state index contributed by atoms with van der Waals surface area (Å²) in [5.74, 6) is 0.200. The maximum atomic E-state index is 12.7. The number of benzene rings is 2. The molecule has 0 fully saturated rings. The third kappa shape index (κ3) is 4.40. The molecule has 0 spiro atoms. The number of methoxy groups -OCH3 is 1. The van der Waals surface area contributed by atoms with Gasteiger partial charge in [-0.15, -0.1) is 0 Å². The maximum absolute atomic E-state index is 12.7. The molecule has 0 saturated heterocycles. The van der Waals surface area contributed by atoms with Crippen molar-refractivity contribution in [3.8, 4) is 5.75 Å². The van der Waals surface area contributed by atoms with Gasteiger partial charge in [-0.2, -0.15) is 0 Å². The molecule has 3 rings (SSSR count). The van der Waals surface area contributed by atoms with Crippen molar-refractivity contribution in [3.05, 3.63) is 77.4 Å². The van der Waals surface area contributed by atoms with Crippen molar-refractivity contribution in [2.45, 2.75) is 13.0 Å². The largest absolute Gasteiger partial charge is 0.497 e. The summed E-state index contributed by atoms with van der Waals surface area (Å²) in [7, 11) is 1.58. The second-order valence-electron chi connectivity index (χ2n) is 6.08. The molecule has 2 amide bonds. The molecule has 0 radical (unpaired) electrons. The van der Waals surface area contributed by atoms with Crippen molar-refractivity contribution >= 4 is 23.8 Å². The Hall–Kier alpha value is -3.54. The minimum atomic E-state index is -0.620. The SMILES string of the molecule is CCOC(=O)C1=C(c2ccc(OC)cc2)NC(=O)NC1/C=C/c1ccccc1. The zero-order valence-corrected chi connectivity index (χ0v) is 15.8. The van der Waals surface area contributed by atoms with E-state index >= 15 is 0 Å². The number of esters is 1. The Kier molecular flexibility index (Phi) is 6.11. The molecule has 2 aromatic carbocycles. The number of hydrogen-bond acceptors (Lipinski definition) is 4. The summed E-state index contributed by atoms with van der Waals surface area (Å²) in [6.45, 7) is 1.98. The Bertz CT molecular complexity index is 902. The van der Waals surface area contributed by atoms with Crippen molar-refractivity contribution in [2.24, 2.45) is 0 Å². The van der Waals surface area contributed by atoms with Gasteiger partial charge in [0, 0.05) is 0 Å². The first-order chi connectivity index (χ1) is 13.6. The van der Waals surface area contributed by atoms with Gasteiger partial charge in [-0.25, -0.2) is 9.59 Å². The molecule has 1 aliphatic rings. The number of hydrogen-bond donors (Lipinski definition) is 2.